The summed E-state index contributed by atoms with van der Waals surface area (Å²) in [5, 5.41) is 3.20. The zero-order valence-electron chi connectivity index (χ0n) is 10.8. The van der Waals surface area contributed by atoms with Crippen LogP contribution in [0.25, 0.3) is 0 Å². The fraction of sp³-hybridized carbons (Fsp3) is 0.462. The maximum absolute atomic E-state index is 12.0. The van der Waals surface area contributed by atoms with Gasteiger partial charge in [0.05, 0.1) is 6.04 Å². The Kier molecular flexibility index (Phi) is 3.99. The third kappa shape index (κ3) is 2.84. The van der Waals surface area contributed by atoms with Gasteiger partial charge in [0.15, 0.2) is 0 Å². The minimum Gasteiger partial charge on any atom is -0.435 e. The molecule has 1 fully saturated rings. The Morgan fingerprint density at radius 1 is 1.37 bits per heavy atom. The predicted octanol–water partition coefficient (Wildman–Crippen LogP) is 2.13. The molecule has 104 valence electrons. The van der Waals surface area contributed by atoms with Crippen molar-refractivity contribution in [3.8, 4) is 5.75 Å². The summed E-state index contributed by atoms with van der Waals surface area (Å²) >= 11 is 0. The monoisotopic (exact) mass is 270 g/mol. The number of amides is 1. The van der Waals surface area contributed by atoms with E-state index in [1.807, 2.05) is 6.92 Å². The lowest BCUT2D eigenvalue weighted by atomic mass is 10.1. The maximum atomic E-state index is 12.0. The summed E-state index contributed by atoms with van der Waals surface area (Å²) in [6, 6.07) is 6.11. The van der Waals surface area contributed by atoms with E-state index in [9.17, 15) is 13.6 Å². The van der Waals surface area contributed by atoms with Gasteiger partial charge in [-0.1, -0.05) is 19.1 Å². The van der Waals surface area contributed by atoms with E-state index in [-0.39, 0.29) is 23.9 Å². The van der Waals surface area contributed by atoms with Gasteiger partial charge >= 0.3 is 6.61 Å². The van der Waals surface area contributed by atoms with Crippen LogP contribution in [0.15, 0.2) is 24.3 Å². The lowest BCUT2D eigenvalue weighted by Crippen LogP contribution is -2.27. The standard InChI is InChI=1S/C13H16F2N2O2/c1-3-10-12(18)17(2)11(16-10)8-4-6-9(7-5-8)19-13(14)15/h4-7,10-11,13,16H,3H2,1-2H3. The van der Waals surface area contributed by atoms with Gasteiger partial charge in [-0.15, -0.1) is 0 Å². The highest BCUT2D eigenvalue weighted by molar-refractivity contribution is 5.84. The molecule has 2 rings (SSSR count). The summed E-state index contributed by atoms with van der Waals surface area (Å²) < 4.78 is 28.4. The second-order valence-corrected chi connectivity index (χ2v) is 4.43. The number of hydrogen-bond acceptors (Lipinski definition) is 3. The normalized spacial score (nSPS) is 23.2. The van der Waals surface area contributed by atoms with E-state index in [2.05, 4.69) is 10.1 Å². The molecule has 1 aromatic rings. The highest BCUT2D eigenvalue weighted by atomic mass is 19.3. The second-order valence-electron chi connectivity index (χ2n) is 4.43. The van der Waals surface area contributed by atoms with E-state index in [1.54, 1.807) is 24.1 Å². The number of alkyl halides is 2. The van der Waals surface area contributed by atoms with Crippen LogP contribution in [0.2, 0.25) is 0 Å². The molecule has 1 aliphatic heterocycles. The van der Waals surface area contributed by atoms with Crippen molar-refractivity contribution < 1.29 is 18.3 Å². The van der Waals surface area contributed by atoms with Crippen LogP contribution in [0, 0.1) is 0 Å². The average Bonchev–Trinajstić information content (AvgIpc) is 2.66. The number of rotatable bonds is 4. The molecule has 1 amide bonds. The number of likely N-dealkylation sites (N-methyl/N-ethyl adjacent to an activating group) is 1. The summed E-state index contributed by atoms with van der Waals surface area (Å²) in [6.07, 6.45) is 0.491. The highest BCUT2D eigenvalue weighted by Gasteiger charge is 2.35. The van der Waals surface area contributed by atoms with Crippen LogP contribution >= 0.6 is 0 Å². The fourth-order valence-corrected chi connectivity index (χ4v) is 2.19. The van der Waals surface area contributed by atoms with Crippen molar-refractivity contribution in [3.63, 3.8) is 0 Å². The van der Waals surface area contributed by atoms with E-state index in [4.69, 9.17) is 0 Å². The van der Waals surface area contributed by atoms with E-state index in [0.717, 1.165) is 5.56 Å². The van der Waals surface area contributed by atoms with Gasteiger partial charge in [0.1, 0.15) is 11.9 Å². The first-order chi connectivity index (χ1) is 9.02. The molecule has 2 unspecified atom stereocenters. The molecular formula is C13H16F2N2O2. The lowest BCUT2D eigenvalue weighted by Gasteiger charge is -2.20. The average molecular weight is 270 g/mol. The van der Waals surface area contributed by atoms with Gasteiger partial charge in [0.2, 0.25) is 5.91 Å². The number of halogens is 2. The molecular weight excluding hydrogens is 254 g/mol. The van der Waals surface area contributed by atoms with Crippen molar-refractivity contribution >= 4 is 5.91 Å². The van der Waals surface area contributed by atoms with Crippen LogP contribution in [-0.2, 0) is 4.79 Å². The van der Waals surface area contributed by atoms with Crippen molar-refractivity contribution in [1.29, 1.82) is 0 Å². The van der Waals surface area contributed by atoms with Gasteiger partial charge in [-0.2, -0.15) is 8.78 Å². The van der Waals surface area contributed by atoms with Gasteiger partial charge in [0, 0.05) is 7.05 Å². The molecule has 19 heavy (non-hydrogen) atoms. The number of nitrogens with zero attached hydrogens (tertiary/aromatic N) is 1. The Bertz CT molecular complexity index is 450. The first-order valence-electron chi connectivity index (χ1n) is 6.10. The van der Waals surface area contributed by atoms with Crippen molar-refractivity contribution in [2.75, 3.05) is 7.05 Å². The summed E-state index contributed by atoms with van der Waals surface area (Å²) in [5.41, 5.74) is 0.841. The van der Waals surface area contributed by atoms with Crippen molar-refractivity contribution in [3.05, 3.63) is 29.8 Å². The van der Waals surface area contributed by atoms with Crippen LogP contribution < -0.4 is 10.1 Å². The third-order valence-corrected chi connectivity index (χ3v) is 3.22. The predicted molar refractivity (Wildman–Crippen MR) is 65.8 cm³/mol. The molecule has 0 saturated carbocycles. The largest absolute Gasteiger partial charge is 0.435 e. The summed E-state index contributed by atoms with van der Waals surface area (Å²) in [7, 11) is 1.72. The molecule has 0 spiro atoms. The number of hydrogen-bond donors (Lipinski definition) is 1. The van der Waals surface area contributed by atoms with Crippen LogP contribution in [0.4, 0.5) is 8.78 Å². The van der Waals surface area contributed by atoms with Crippen LogP contribution in [0.5, 0.6) is 5.75 Å². The smallest absolute Gasteiger partial charge is 0.387 e. The minimum absolute atomic E-state index is 0.0420. The topological polar surface area (TPSA) is 41.6 Å². The Balaban J connectivity index is 2.12. The molecule has 0 radical (unpaired) electrons. The van der Waals surface area contributed by atoms with E-state index in [0.29, 0.717) is 6.42 Å². The van der Waals surface area contributed by atoms with E-state index < -0.39 is 6.61 Å². The SMILES string of the molecule is CCC1NC(c2ccc(OC(F)F)cc2)N(C)C1=O. The van der Waals surface area contributed by atoms with Crippen LogP contribution in [0.3, 0.4) is 0 Å². The molecule has 2 atom stereocenters. The van der Waals surface area contributed by atoms with Gasteiger partial charge in [-0.25, -0.2) is 0 Å². The number of benzene rings is 1. The van der Waals surface area contributed by atoms with Gasteiger partial charge in [0.25, 0.3) is 0 Å². The van der Waals surface area contributed by atoms with Crippen LogP contribution in [-0.4, -0.2) is 30.5 Å². The second kappa shape index (κ2) is 5.52. The van der Waals surface area contributed by atoms with Crippen molar-refractivity contribution in [2.45, 2.75) is 32.2 Å². The first-order valence-corrected chi connectivity index (χ1v) is 6.10. The first kappa shape index (κ1) is 13.7. The van der Waals surface area contributed by atoms with E-state index in [1.165, 1.54) is 12.1 Å². The summed E-state index contributed by atoms with van der Waals surface area (Å²) in [6.45, 7) is -0.894. The fourth-order valence-electron chi connectivity index (χ4n) is 2.19. The quantitative estimate of drug-likeness (QED) is 0.911. The Hall–Kier alpha value is -1.69. The molecule has 1 N–H and O–H groups in total. The lowest BCUT2D eigenvalue weighted by molar-refractivity contribution is -0.128. The number of carbonyl (C=O) groups is 1. The zero-order valence-corrected chi connectivity index (χ0v) is 10.8. The van der Waals surface area contributed by atoms with Gasteiger partial charge < -0.3 is 9.64 Å². The van der Waals surface area contributed by atoms with Gasteiger partial charge in [-0.3, -0.25) is 10.1 Å². The highest BCUT2D eigenvalue weighted by Crippen LogP contribution is 2.26. The summed E-state index contributed by atoms with van der Waals surface area (Å²) in [4.78, 5) is 13.5. The molecule has 6 heteroatoms. The Morgan fingerprint density at radius 3 is 2.47 bits per heavy atom. The molecule has 0 aromatic heterocycles. The number of nitrogens with one attached hydrogen (secondary N) is 1. The Labute approximate surface area is 110 Å². The van der Waals surface area contributed by atoms with Crippen molar-refractivity contribution in [2.24, 2.45) is 0 Å². The third-order valence-electron chi connectivity index (χ3n) is 3.22. The molecule has 0 aliphatic carbocycles. The molecule has 4 nitrogen and oxygen atoms in total. The minimum atomic E-state index is -2.83. The van der Waals surface area contributed by atoms with E-state index >= 15 is 0 Å². The summed E-state index contributed by atoms with van der Waals surface area (Å²) in [5.74, 6) is 0.151. The van der Waals surface area contributed by atoms with Crippen LogP contribution in [0.1, 0.15) is 25.1 Å². The molecule has 1 heterocycles. The van der Waals surface area contributed by atoms with Gasteiger partial charge in [-0.05, 0) is 24.1 Å². The number of carbonyl (C=O) groups excluding carboxylic acids is 1. The molecule has 1 aliphatic rings. The zero-order chi connectivity index (χ0) is 14.0. The molecule has 1 aromatic carbocycles. The molecule has 0 bridgehead atoms. The van der Waals surface area contributed by atoms with Crippen molar-refractivity contribution in [1.82, 2.24) is 10.2 Å². The maximum Gasteiger partial charge on any atom is 0.387 e. The number of ether oxygens (including phenoxy) is 1. The Morgan fingerprint density at radius 2 is 2.00 bits per heavy atom. The molecule has 1 saturated heterocycles.